The monoisotopic (exact) mass is 216 g/mol. The molecule has 0 bridgehead atoms. The van der Waals surface area contributed by atoms with Gasteiger partial charge in [0.15, 0.2) is 0 Å². The van der Waals surface area contributed by atoms with Gasteiger partial charge in [-0.25, -0.2) is 0 Å². The molecule has 15 heavy (non-hydrogen) atoms. The SMILES string of the molecule is CCCCCCNC(=O)COCC(N)=O. The first kappa shape index (κ1) is 13.9. The first-order chi connectivity index (χ1) is 7.16. The highest BCUT2D eigenvalue weighted by Crippen LogP contribution is 1.96. The Kier molecular flexibility index (Phi) is 8.76. The van der Waals surface area contributed by atoms with Gasteiger partial charge < -0.3 is 15.8 Å². The lowest BCUT2D eigenvalue weighted by Crippen LogP contribution is -2.30. The fourth-order valence-corrected chi connectivity index (χ4v) is 1.07. The average molecular weight is 216 g/mol. The van der Waals surface area contributed by atoms with E-state index in [0.29, 0.717) is 6.54 Å². The molecule has 88 valence electrons. The molecule has 0 aliphatic rings. The fourth-order valence-electron chi connectivity index (χ4n) is 1.07. The highest BCUT2D eigenvalue weighted by Gasteiger charge is 2.01. The van der Waals surface area contributed by atoms with Crippen LogP contribution in [0.25, 0.3) is 0 Å². The third kappa shape index (κ3) is 10.8. The van der Waals surface area contributed by atoms with Gasteiger partial charge in [-0.3, -0.25) is 9.59 Å². The van der Waals surface area contributed by atoms with E-state index in [0.717, 1.165) is 12.8 Å². The summed E-state index contributed by atoms with van der Waals surface area (Å²) in [7, 11) is 0. The molecule has 3 N–H and O–H groups in total. The van der Waals surface area contributed by atoms with E-state index >= 15 is 0 Å². The molecule has 0 aromatic rings. The summed E-state index contributed by atoms with van der Waals surface area (Å²) in [5.41, 5.74) is 4.84. The number of unbranched alkanes of at least 4 members (excludes halogenated alkanes) is 3. The van der Waals surface area contributed by atoms with Gasteiger partial charge in [0, 0.05) is 6.54 Å². The van der Waals surface area contributed by atoms with Crippen LogP contribution >= 0.6 is 0 Å². The van der Waals surface area contributed by atoms with Gasteiger partial charge in [0.25, 0.3) is 0 Å². The molecular weight excluding hydrogens is 196 g/mol. The van der Waals surface area contributed by atoms with Crippen LogP contribution in [0.1, 0.15) is 32.6 Å². The number of carbonyl (C=O) groups excluding carboxylic acids is 2. The maximum Gasteiger partial charge on any atom is 0.246 e. The second kappa shape index (κ2) is 9.45. The molecule has 0 radical (unpaired) electrons. The summed E-state index contributed by atoms with van der Waals surface area (Å²) in [5, 5.41) is 2.70. The number of rotatable bonds is 9. The quantitative estimate of drug-likeness (QED) is 0.540. The van der Waals surface area contributed by atoms with Crippen molar-refractivity contribution in [3.63, 3.8) is 0 Å². The lowest BCUT2D eigenvalue weighted by Gasteiger charge is -2.04. The molecule has 0 fully saturated rings. The molecule has 0 saturated carbocycles. The first-order valence-electron chi connectivity index (χ1n) is 5.29. The van der Waals surface area contributed by atoms with Crippen LogP contribution in [0.15, 0.2) is 0 Å². The highest BCUT2D eigenvalue weighted by atomic mass is 16.5. The van der Waals surface area contributed by atoms with Crippen molar-refractivity contribution in [1.82, 2.24) is 5.32 Å². The summed E-state index contributed by atoms with van der Waals surface area (Å²) in [4.78, 5) is 21.3. The summed E-state index contributed by atoms with van der Waals surface area (Å²) >= 11 is 0. The number of nitrogens with one attached hydrogen (secondary N) is 1. The van der Waals surface area contributed by atoms with E-state index in [9.17, 15) is 9.59 Å². The van der Waals surface area contributed by atoms with Crippen LogP contribution < -0.4 is 11.1 Å². The van der Waals surface area contributed by atoms with E-state index in [2.05, 4.69) is 12.2 Å². The maximum atomic E-state index is 11.1. The van der Waals surface area contributed by atoms with Crippen LogP contribution in [0.2, 0.25) is 0 Å². The Balaban J connectivity index is 3.22. The zero-order valence-corrected chi connectivity index (χ0v) is 9.25. The number of amides is 2. The minimum Gasteiger partial charge on any atom is -0.368 e. The predicted octanol–water partition coefficient (Wildman–Crippen LogP) is 0.185. The van der Waals surface area contributed by atoms with Gasteiger partial charge in [-0.2, -0.15) is 0 Å². The molecule has 0 heterocycles. The Labute approximate surface area is 90.4 Å². The number of carbonyl (C=O) groups is 2. The second-order valence-electron chi connectivity index (χ2n) is 3.37. The molecule has 2 amide bonds. The first-order valence-corrected chi connectivity index (χ1v) is 5.29. The van der Waals surface area contributed by atoms with Crippen LogP contribution in [-0.4, -0.2) is 31.6 Å². The molecular formula is C10H20N2O3. The smallest absolute Gasteiger partial charge is 0.246 e. The molecule has 0 unspecified atom stereocenters. The minimum absolute atomic E-state index is 0.100. The van der Waals surface area contributed by atoms with Gasteiger partial charge in [-0.05, 0) is 6.42 Å². The van der Waals surface area contributed by atoms with E-state index in [4.69, 9.17) is 10.5 Å². The van der Waals surface area contributed by atoms with Gasteiger partial charge in [0.05, 0.1) is 0 Å². The van der Waals surface area contributed by atoms with Crippen molar-refractivity contribution in [2.45, 2.75) is 32.6 Å². The number of hydrogen-bond acceptors (Lipinski definition) is 3. The van der Waals surface area contributed by atoms with Crippen molar-refractivity contribution in [2.24, 2.45) is 5.73 Å². The van der Waals surface area contributed by atoms with Crippen LogP contribution in [0.4, 0.5) is 0 Å². The van der Waals surface area contributed by atoms with E-state index in [1.807, 2.05) is 0 Å². The molecule has 0 atom stereocenters. The third-order valence-electron chi connectivity index (χ3n) is 1.83. The lowest BCUT2D eigenvalue weighted by atomic mass is 10.2. The molecule has 0 aliphatic heterocycles. The Morgan fingerprint density at radius 3 is 2.53 bits per heavy atom. The van der Waals surface area contributed by atoms with E-state index in [-0.39, 0.29) is 19.1 Å². The average Bonchev–Trinajstić information content (AvgIpc) is 2.17. The fraction of sp³-hybridized carbons (Fsp3) is 0.800. The third-order valence-corrected chi connectivity index (χ3v) is 1.83. The Hall–Kier alpha value is -1.10. The zero-order valence-electron chi connectivity index (χ0n) is 9.25. The number of primary amides is 1. The molecule has 0 aromatic carbocycles. The zero-order chi connectivity index (χ0) is 11.5. The molecule has 0 rings (SSSR count). The van der Waals surface area contributed by atoms with Gasteiger partial charge in [0.2, 0.25) is 11.8 Å². The van der Waals surface area contributed by atoms with E-state index in [1.54, 1.807) is 0 Å². The van der Waals surface area contributed by atoms with Gasteiger partial charge in [-0.15, -0.1) is 0 Å². The topological polar surface area (TPSA) is 81.4 Å². The normalized spacial score (nSPS) is 9.93. The van der Waals surface area contributed by atoms with Gasteiger partial charge >= 0.3 is 0 Å². The van der Waals surface area contributed by atoms with Crippen molar-refractivity contribution in [3.05, 3.63) is 0 Å². The molecule has 5 nitrogen and oxygen atoms in total. The van der Waals surface area contributed by atoms with Crippen LogP contribution in [0.5, 0.6) is 0 Å². The Morgan fingerprint density at radius 2 is 1.93 bits per heavy atom. The maximum absolute atomic E-state index is 11.1. The van der Waals surface area contributed by atoms with Crippen LogP contribution in [0, 0.1) is 0 Å². The Morgan fingerprint density at radius 1 is 1.20 bits per heavy atom. The molecule has 0 spiro atoms. The van der Waals surface area contributed by atoms with E-state index in [1.165, 1.54) is 12.8 Å². The standard InChI is InChI=1S/C10H20N2O3/c1-2-3-4-5-6-12-10(14)8-15-7-9(11)13/h2-8H2,1H3,(H2,11,13)(H,12,14). The summed E-state index contributed by atoms with van der Waals surface area (Å²) in [6.45, 7) is 2.50. The molecule has 0 saturated heterocycles. The van der Waals surface area contributed by atoms with Crippen molar-refractivity contribution in [3.8, 4) is 0 Å². The summed E-state index contributed by atoms with van der Waals surface area (Å²) in [6, 6.07) is 0. The van der Waals surface area contributed by atoms with Crippen molar-refractivity contribution in [2.75, 3.05) is 19.8 Å². The largest absolute Gasteiger partial charge is 0.368 e. The Bertz CT molecular complexity index is 195. The molecule has 0 aliphatic carbocycles. The summed E-state index contributed by atoms with van der Waals surface area (Å²) < 4.78 is 4.75. The van der Waals surface area contributed by atoms with Gasteiger partial charge in [-0.1, -0.05) is 26.2 Å². The number of nitrogens with two attached hydrogens (primary N) is 1. The van der Waals surface area contributed by atoms with Crippen LogP contribution in [0.3, 0.4) is 0 Å². The number of hydrogen-bond donors (Lipinski definition) is 2. The second-order valence-corrected chi connectivity index (χ2v) is 3.37. The minimum atomic E-state index is -0.564. The van der Waals surface area contributed by atoms with Crippen molar-refractivity contribution >= 4 is 11.8 Å². The van der Waals surface area contributed by atoms with Gasteiger partial charge in [0.1, 0.15) is 13.2 Å². The highest BCUT2D eigenvalue weighted by molar-refractivity contribution is 5.78. The molecule has 0 aromatic heterocycles. The summed E-state index contributed by atoms with van der Waals surface area (Å²) in [6.07, 6.45) is 4.47. The molecule has 5 heteroatoms. The predicted molar refractivity (Wildman–Crippen MR) is 57.2 cm³/mol. The van der Waals surface area contributed by atoms with E-state index < -0.39 is 5.91 Å². The van der Waals surface area contributed by atoms with Crippen molar-refractivity contribution in [1.29, 1.82) is 0 Å². The van der Waals surface area contributed by atoms with Crippen LogP contribution in [-0.2, 0) is 14.3 Å². The summed E-state index contributed by atoms with van der Waals surface area (Å²) in [5.74, 6) is -0.765. The lowest BCUT2D eigenvalue weighted by molar-refractivity contribution is -0.129. The number of ether oxygens (including phenoxy) is 1. The van der Waals surface area contributed by atoms with Crippen molar-refractivity contribution < 1.29 is 14.3 Å².